The first-order valence-electron chi connectivity index (χ1n) is 8.02. The van der Waals surface area contributed by atoms with Crippen LogP contribution in [0.25, 0.3) is 0 Å². The Labute approximate surface area is 123 Å². The Balaban J connectivity index is 1.95. The van der Waals surface area contributed by atoms with Crippen molar-refractivity contribution in [1.82, 2.24) is 5.32 Å². The topological polar surface area (TPSA) is 21.3 Å². The molecular weight excluding hydrogens is 246 g/mol. The second-order valence-corrected chi connectivity index (χ2v) is 6.17. The standard InChI is InChI=1S/C18H29NO/c1-5-18(6-2)12-17(10-11-20-18)19-13-16-9-7-8-14(3)15(16)4/h7-9,17,19H,5-6,10-13H2,1-4H3. The Morgan fingerprint density at radius 1 is 1.25 bits per heavy atom. The highest BCUT2D eigenvalue weighted by Crippen LogP contribution is 2.31. The number of hydrogen-bond acceptors (Lipinski definition) is 2. The zero-order valence-corrected chi connectivity index (χ0v) is 13.5. The summed E-state index contributed by atoms with van der Waals surface area (Å²) >= 11 is 0. The fourth-order valence-corrected chi connectivity index (χ4v) is 3.20. The molecule has 0 amide bonds. The highest BCUT2D eigenvalue weighted by Gasteiger charge is 2.34. The Kier molecular flexibility index (Phi) is 5.22. The predicted molar refractivity (Wildman–Crippen MR) is 85.0 cm³/mol. The van der Waals surface area contributed by atoms with E-state index in [4.69, 9.17) is 4.74 Å². The van der Waals surface area contributed by atoms with Crippen LogP contribution in [0.3, 0.4) is 0 Å². The lowest BCUT2D eigenvalue weighted by molar-refractivity contribution is -0.0932. The van der Waals surface area contributed by atoms with Crippen LogP contribution >= 0.6 is 0 Å². The summed E-state index contributed by atoms with van der Waals surface area (Å²) in [6.45, 7) is 10.8. The van der Waals surface area contributed by atoms with E-state index in [9.17, 15) is 0 Å². The van der Waals surface area contributed by atoms with Crippen molar-refractivity contribution in [3.8, 4) is 0 Å². The van der Waals surface area contributed by atoms with Gasteiger partial charge in [-0.25, -0.2) is 0 Å². The molecule has 112 valence electrons. The molecule has 1 N–H and O–H groups in total. The predicted octanol–water partition coefficient (Wildman–Crippen LogP) is 4.13. The average molecular weight is 275 g/mol. The van der Waals surface area contributed by atoms with E-state index in [0.717, 1.165) is 38.8 Å². The van der Waals surface area contributed by atoms with Crippen LogP contribution in [0, 0.1) is 13.8 Å². The van der Waals surface area contributed by atoms with Crippen molar-refractivity contribution in [3.63, 3.8) is 0 Å². The number of aryl methyl sites for hydroxylation is 1. The van der Waals surface area contributed by atoms with Crippen molar-refractivity contribution < 1.29 is 4.74 Å². The summed E-state index contributed by atoms with van der Waals surface area (Å²) in [5, 5.41) is 3.75. The summed E-state index contributed by atoms with van der Waals surface area (Å²) in [4.78, 5) is 0. The molecule has 0 spiro atoms. The minimum Gasteiger partial charge on any atom is -0.375 e. The van der Waals surface area contributed by atoms with Crippen molar-refractivity contribution in [2.45, 2.75) is 71.6 Å². The molecule has 0 saturated carbocycles. The molecule has 1 unspecified atom stereocenters. The zero-order chi connectivity index (χ0) is 14.6. The van der Waals surface area contributed by atoms with Gasteiger partial charge in [-0.3, -0.25) is 0 Å². The van der Waals surface area contributed by atoms with Crippen LogP contribution in [0.2, 0.25) is 0 Å². The van der Waals surface area contributed by atoms with Crippen molar-refractivity contribution in [1.29, 1.82) is 0 Å². The molecular formula is C18H29NO. The zero-order valence-electron chi connectivity index (χ0n) is 13.5. The first-order chi connectivity index (χ1) is 9.60. The van der Waals surface area contributed by atoms with Gasteiger partial charge in [0, 0.05) is 19.2 Å². The van der Waals surface area contributed by atoms with E-state index >= 15 is 0 Å². The quantitative estimate of drug-likeness (QED) is 0.872. The normalized spacial score (nSPS) is 21.9. The third-order valence-electron chi connectivity index (χ3n) is 5.08. The first-order valence-corrected chi connectivity index (χ1v) is 8.02. The highest BCUT2D eigenvalue weighted by atomic mass is 16.5. The summed E-state index contributed by atoms with van der Waals surface area (Å²) in [6.07, 6.45) is 4.51. The summed E-state index contributed by atoms with van der Waals surface area (Å²) in [6, 6.07) is 7.17. The smallest absolute Gasteiger partial charge is 0.0692 e. The van der Waals surface area contributed by atoms with Crippen LogP contribution in [0.1, 0.15) is 56.2 Å². The van der Waals surface area contributed by atoms with Crippen LogP contribution in [-0.4, -0.2) is 18.2 Å². The summed E-state index contributed by atoms with van der Waals surface area (Å²) < 4.78 is 6.05. The second-order valence-electron chi connectivity index (χ2n) is 6.17. The minimum absolute atomic E-state index is 0.109. The van der Waals surface area contributed by atoms with Crippen LogP contribution < -0.4 is 5.32 Å². The Bertz CT molecular complexity index is 437. The molecule has 2 rings (SSSR count). The number of benzene rings is 1. The average Bonchev–Trinajstić information content (AvgIpc) is 2.49. The molecule has 1 saturated heterocycles. The summed E-state index contributed by atoms with van der Waals surface area (Å²) in [5.74, 6) is 0. The van der Waals surface area contributed by atoms with Crippen LogP contribution in [0.5, 0.6) is 0 Å². The third kappa shape index (κ3) is 3.42. The van der Waals surface area contributed by atoms with Gasteiger partial charge in [-0.2, -0.15) is 0 Å². The molecule has 0 radical (unpaired) electrons. The van der Waals surface area contributed by atoms with Gasteiger partial charge in [0.1, 0.15) is 0 Å². The van der Waals surface area contributed by atoms with Crippen LogP contribution in [0.4, 0.5) is 0 Å². The first kappa shape index (κ1) is 15.5. The largest absolute Gasteiger partial charge is 0.375 e. The van der Waals surface area contributed by atoms with Gasteiger partial charge in [0.15, 0.2) is 0 Å². The molecule has 1 fully saturated rings. The van der Waals surface area contributed by atoms with E-state index in [1.54, 1.807) is 0 Å². The lowest BCUT2D eigenvalue weighted by atomic mass is 9.86. The van der Waals surface area contributed by atoms with E-state index < -0.39 is 0 Å². The van der Waals surface area contributed by atoms with Gasteiger partial charge in [-0.1, -0.05) is 32.0 Å². The van der Waals surface area contributed by atoms with Gasteiger partial charge in [0.05, 0.1) is 5.60 Å². The highest BCUT2D eigenvalue weighted by molar-refractivity contribution is 5.32. The van der Waals surface area contributed by atoms with Gasteiger partial charge < -0.3 is 10.1 Å². The molecule has 1 aromatic carbocycles. The molecule has 1 aromatic rings. The molecule has 1 aliphatic heterocycles. The molecule has 2 heteroatoms. The maximum Gasteiger partial charge on any atom is 0.0692 e. The van der Waals surface area contributed by atoms with E-state index in [0.29, 0.717) is 6.04 Å². The monoisotopic (exact) mass is 275 g/mol. The third-order valence-corrected chi connectivity index (χ3v) is 5.08. The molecule has 2 nitrogen and oxygen atoms in total. The molecule has 1 aliphatic rings. The van der Waals surface area contributed by atoms with Gasteiger partial charge >= 0.3 is 0 Å². The van der Waals surface area contributed by atoms with Crippen LogP contribution in [0.15, 0.2) is 18.2 Å². The Hall–Kier alpha value is -0.860. The van der Waals surface area contributed by atoms with Gasteiger partial charge in [0.25, 0.3) is 0 Å². The molecule has 0 aromatic heterocycles. The molecule has 0 bridgehead atoms. The molecule has 1 atom stereocenters. The maximum absolute atomic E-state index is 6.05. The second kappa shape index (κ2) is 6.73. The molecule has 1 heterocycles. The van der Waals surface area contributed by atoms with Crippen LogP contribution in [-0.2, 0) is 11.3 Å². The number of nitrogens with one attached hydrogen (secondary N) is 1. The SMILES string of the molecule is CCC1(CC)CC(NCc2cccc(C)c2C)CCO1. The lowest BCUT2D eigenvalue weighted by Gasteiger charge is -2.40. The number of rotatable bonds is 5. The fraction of sp³-hybridized carbons (Fsp3) is 0.667. The van der Waals surface area contributed by atoms with Crippen molar-refractivity contribution in [2.75, 3.05) is 6.61 Å². The Morgan fingerprint density at radius 2 is 2.00 bits per heavy atom. The van der Waals surface area contributed by atoms with E-state index in [2.05, 4.69) is 51.2 Å². The molecule has 0 aliphatic carbocycles. The van der Waals surface area contributed by atoms with Gasteiger partial charge in [0.2, 0.25) is 0 Å². The van der Waals surface area contributed by atoms with Gasteiger partial charge in [-0.15, -0.1) is 0 Å². The number of ether oxygens (including phenoxy) is 1. The lowest BCUT2D eigenvalue weighted by Crippen LogP contribution is -2.46. The maximum atomic E-state index is 6.05. The van der Waals surface area contributed by atoms with Crippen molar-refractivity contribution in [2.24, 2.45) is 0 Å². The van der Waals surface area contributed by atoms with Gasteiger partial charge in [-0.05, 0) is 56.2 Å². The van der Waals surface area contributed by atoms with Crippen molar-refractivity contribution in [3.05, 3.63) is 34.9 Å². The van der Waals surface area contributed by atoms with Crippen molar-refractivity contribution >= 4 is 0 Å². The van der Waals surface area contributed by atoms with E-state index in [1.165, 1.54) is 16.7 Å². The number of hydrogen-bond donors (Lipinski definition) is 1. The van der Waals surface area contributed by atoms with E-state index in [-0.39, 0.29) is 5.60 Å². The Morgan fingerprint density at radius 3 is 2.70 bits per heavy atom. The summed E-state index contributed by atoms with van der Waals surface area (Å²) in [7, 11) is 0. The molecule has 20 heavy (non-hydrogen) atoms. The summed E-state index contributed by atoms with van der Waals surface area (Å²) in [5.41, 5.74) is 4.34. The van der Waals surface area contributed by atoms with E-state index in [1.807, 2.05) is 0 Å². The fourth-order valence-electron chi connectivity index (χ4n) is 3.20. The minimum atomic E-state index is 0.109.